The number of carbonyl (C=O) groups excluding carboxylic acids is 4. The number of carbonyl (C=O) groups is 4. The molecule has 0 saturated heterocycles. The fourth-order valence-electron chi connectivity index (χ4n) is 5.81. The summed E-state index contributed by atoms with van der Waals surface area (Å²) in [5.41, 5.74) is 17.2. The Hall–Kier alpha value is -5.67. The Morgan fingerprint density at radius 3 is 1.87 bits per heavy atom. The smallest absolute Gasteiger partial charge is 0.319 e. The van der Waals surface area contributed by atoms with E-state index in [0.717, 1.165) is 53.0 Å². The number of anilines is 3. The molecule has 2 amide bonds. The summed E-state index contributed by atoms with van der Waals surface area (Å²) in [7, 11) is 0. The van der Waals surface area contributed by atoms with E-state index in [1.807, 2.05) is 73.7 Å². The second kappa shape index (κ2) is 18.5. The number of hydrogen-bond acceptors (Lipinski definition) is 7. The van der Waals surface area contributed by atoms with E-state index in [0.29, 0.717) is 52.3 Å². The summed E-state index contributed by atoms with van der Waals surface area (Å²) in [5, 5.41) is 5.61. The minimum Gasteiger partial charge on any atom is -0.399 e. The quantitative estimate of drug-likeness (QED) is 0.0428. The lowest BCUT2D eigenvalue weighted by atomic mass is 9.97. The molecule has 0 bridgehead atoms. The van der Waals surface area contributed by atoms with Crippen molar-refractivity contribution in [3.05, 3.63) is 149 Å². The number of urea groups is 1. The monoisotopic (exact) mass is 712 g/mol. The fourth-order valence-corrected chi connectivity index (χ4v) is 6.65. The zero-order valence-electron chi connectivity index (χ0n) is 29.3. The normalized spacial score (nSPS) is 10.8. The minimum atomic E-state index is -0.368. The molecule has 0 aliphatic heterocycles. The molecule has 6 N–H and O–H groups in total. The first kappa shape index (κ1) is 37.6. The molecule has 0 atom stereocenters. The van der Waals surface area contributed by atoms with Gasteiger partial charge in [0, 0.05) is 68.5 Å². The maximum absolute atomic E-state index is 13.3. The predicted octanol–water partition coefficient (Wildman–Crippen LogP) is 9.05. The summed E-state index contributed by atoms with van der Waals surface area (Å²) in [6, 6.07) is 34.5. The van der Waals surface area contributed by atoms with Crippen LogP contribution >= 0.6 is 11.8 Å². The molecular weight excluding hydrogens is 669 g/mol. The lowest BCUT2D eigenvalue weighted by Gasteiger charge is -2.10. The largest absolute Gasteiger partial charge is 0.399 e. The van der Waals surface area contributed by atoms with Gasteiger partial charge in [0.2, 0.25) is 0 Å². The maximum atomic E-state index is 13.3. The standard InChI is InChI=1S/C43H44N4O4S/c1-29-13-15-31(16-14-29)42(50)34-26-36(45)28-37(27-34)47-43(51)46-21-9-4-2-3-6-10-38(48)24-30-22-33(25-35(44)23-30)41(49)32-17-19-40(20-18-32)52-39-11-7-5-8-12-39/h5,7-8,11-20,22-23,25-28H,2-4,6,9-10,21,24,44-45H2,1H3,(H2,46,47,51). The van der Waals surface area contributed by atoms with Crippen molar-refractivity contribution in [2.24, 2.45) is 0 Å². The minimum absolute atomic E-state index is 0.106. The molecule has 0 aromatic heterocycles. The topological polar surface area (TPSA) is 144 Å². The molecule has 52 heavy (non-hydrogen) atoms. The van der Waals surface area contributed by atoms with Gasteiger partial charge in [0.15, 0.2) is 11.6 Å². The van der Waals surface area contributed by atoms with Gasteiger partial charge in [-0.15, -0.1) is 0 Å². The third-order valence-electron chi connectivity index (χ3n) is 8.48. The van der Waals surface area contributed by atoms with Crippen molar-refractivity contribution < 1.29 is 19.2 Å². The molecule has 0 aliphatic carbocycles. The van der Waals surface area contributed by atoms with Crippen LogP contribution in [0.3, 0.4) is 0 Å². The van der Waals surface area contributed by atoms with Gasteiger partial charge in [-0.05, 0) is 98.1 Å². The van der Waals surface area contributed by atoms with Crippen LogP contribution in [-0.2, 0) is 11.2 Å². The van der Waals surface area contributed by atoms with E-state index in [9.17, 15) is 19.2 Å². The summed E-state index contributed by atoms with van der Waals surface area (Å²) in [6.45, 7) is 2.45. The molecule has 0 fully saturated rings. The summed E-state index contributed by atoms with van der Waals surface area (Å²) < 4.78 is 0. The molecule has 9 heteroatoms. The van der Waals surface area contributed by atoms with Crippen LogP contribution in [0, 0.1) is 6.92 Å². The molecule has 266 valence electrons. The number of nitrogen functional groups attached to an aromatic ring is 2. The number of aryl methyl sites for hydroxylation is 1. The third-order valence-corrected chi connectivity index (χ3v) is 9.50. The average molecular weight is 713 g/mol. The zero-order valence-corrected chi connectivity index (χ0v) is 30.1. The highest BCUT2D eigenvalue weighted by atomic mass is 32.2. The number of benzene rings is 5. The Morgan fingerprint density at radius 2 is 1.17 bits per heavy atom. The zero-order chi connectivity index (χ0) is 36.9. The molecule has 0 radical (unpaired) electrons. The van der Waals surface area contributed by atoms with Crippen molar-refractivity contribution in [2.45, 2.75) is 61.7 Å². The molecule has 5 rings (SSSR count). The van der Waals surface area contributed by atoms with Gasteiger partial charge in [0.05, 0.1) is 0 Å². The first-order valence-corrected chi connectivity index (χ1v) is 18.3. The number of unbranched alkanes of at least 4 members (excludes halogenated alkanes) is 4. The summed E-state index contributed by atoms with van der Waals surface area (Å²) in [5.74, 6) is -0.192. The van der Waals surface area contributed by atoms with Gasteiger partial charge in [-0.1, -0.05) is 79.1 Å². The van der Waals surface area contributed by atoms with Crippen molar-refractivity contribution in [3.63, 3.8) is 0 Å². The molecular formula is C43H44N4O4S. The highest BCUT2D eigenvalue weighted by Crippen LogP contribution is 2.28. The molecule has 8 nitrogen and oxygen atoms in total. The molecule has 5 aromatic rings. The van der Waals surface area contributed by atoms with Crippen LogP contribution in [0.15, 0.2) is 125 Å². The SMILES string of the molecule is Cc1ccc(C(=O)c2cc(N)cc(NC(=O)NCCCCCCCC(=O)Cc3cc(N)cc(C(=O)c4ccc(Sc5ccccc5)cc4)c3)c2)cc1. The van der Waals surface area contributed by atoms with Crippen molar-refractivity contribution in [2.75, 3.05) is 23.3 Å². The van der Waals surface area contributed by atoms with E-state index < -0.39 is 0 Å². The molecule has 0 unspecified atom stereocenters. The van der Waals surface area contributed by atoms with Crippen molar-refractivity contribution in [1.82, 2.24) is 5.32 Å². The number of amides is 2. The number of nitrogens with two attached hydrogens (primary N) is 2. The van der Waals surface area contributed by atoms with E-state index in [1.165, 1.54) is 0 Å². The number of nitrogens with one attached hydrogen (secondary N) is 2. The predicted molar refractivity (Wildman–Crippen MR) is 210 cm³/mol. The lowest BCUT2D eigenvalue weighted by molar-refractivity contribution is -0.118. The van der Waals surface area contributed by atoms with Gasteiger partial charge in [-0.2, -0.15) is 0 Å². The van der Waals surface area contributed by atoms with Crippen LogP contribution in [0.5, 0.6) is 0 Å². The highest BCUT2D eigenvalue weighted by molar-refractivity contribution is 7.99. The summed E-state index contributed by atoms with van der Waals surface area (Å²) >= 11 is 1.63. The second-order valence-electron chi connectivity index (χ2n) is 12.9. The number of hydrogen-bond donors (Lipinski definition) is 4. The van der Waals surface area contributed by atoms with Crippen LogP contribution in [0.25, 0.3) is 0 Å². The van der Waals surface area contributed by atoms with Gasteiger partial charge in [-0.3, -0.25) is 14.4 Å². The van der Waals surface area contributed by atoms with Gasteiger partial charge >= 0.3 is 6.03 Å². The molecule has 0 saturated carbocycles. The molecule has 0 spiro atoms. The van der Waals surface area contributed by atoms with Crippen LogP contribution in [-0.4, -0.2) is 29.9 Å². The summed E-state index contributed by atoms with van der Waals surface area (Å²) in [4.78, 5) is 53.6. The first-order valence-electron chi connectivity index (χ1n) is 17.5. The van der Waals surface area contributed by atoms with E-state index in [-0.39, 0.29) is 29.8 Å². The summed E-state index contributed by atoms with van der Waals surface area (Å²) in [6.07, 6.45) is 5.00. The Kier molecular flexibility index (Phi) is 13.4. The third kappa shape index (κ3) is 11.4. The Morgan fingerprint density at radius 1 is 0.596 bits per heavy atom. The Labute approximate surface area is 309 Å². The van der Waals surface area contributed by atoms with E-state index in [2.05, 4.69) is 10.6 Å². The Balaban J connectivity index is 0.982. The van der Waals surface area contributed by atoms with Gasteiger partial charge < -0.3 is 22.1 Å². The highest BCUT2D eigenvalue weighted by Gasteiger charge is 2.14. The number of rotatable bonds is 17. The van der Waals surface area contributed by atoms with Crippen LogP contribution in [0.4, 0.5) is 21.9 Å². The maximum Gasteiger partial charge on any atom is 0.319 e. The van der Waals surface area contributed by atoms with Crippen molar-refractivity contribution in [3.8, 4) is 0 Å². The van der Waals surface area contributed by atoms with Crippen molar-refractivity contribution >= 4 is 52.2 Å². The lowest BCUT2D eigenvalue weighted by Crippen LogP contribution is -2.29. The van der Waals surface area contributed by atoms with Gasteiger partial charge in [0.1, 0.15) is 5.78 Å². The van der Waals surface area contributed by atoms with Crippen LogP contribution in [0.1, 0.15) is 81.5 Å². The first-order chi connectivity index (χ1) is 25.1. The van der Waals surface area contributed by atoms with E-state index in [4.69, 9.17) is 11.5 Å². The van der Waals surface area contributed by atoms with Crippen molar-refractivity contribution in [1.29, 1.82) is 0 Å². The van der Waals surface area contributed by atoms with Gasteiger partial charge in [-0.25, -0.2) is 4.79 Å². The van der Waals surface area contributed by atoms with Crippen LogP contribution in [0.2, 0.25) is 0 Å². The molecule has 5 aromatic carbocycles. The number of ketones is 3. The average Bonchev–Trinajstić information content (AvgIpc) is 3.12. The molecule has 0 heterocycles. The van der Waals surface area contributed by atoms with E-state index >= 15 is 0 Å². The van der Waals surface area contributed by atoms with Crippen LogP contribution < -0.4 is 22.1 Å². The second-order valence-corrected chi connectivity index (χ2v) is 14.0. The molecule has 0 aliphatic rings. The van der Waals surface area contributed by atoms with Gasteiger partial charge in [0.25, 0.3) is 0 Å². The Bertz CT molecular complexity index is 2010. The fraction of sp³-hybridized carbons (Fsp3) is 0.209. The van der Waals surface area contributed by atoms with E-state index in [1.54, 1.807) is 60.3 Å². The number of Topliss-reactive ketones (excluding diaryl/α,β-unsaturated/α-hetero) is 1.